The van der Waals surface area contributed by atoms with Crippen LogP contribution in [0.5, 0.6) is 0 Å². The van der Waals surface area contributed by atoms with Gasteiger partial charge in [0, 0.05) is 50.4 Å². The van der Waals surface area contributed by atoms with Crippen molar-refractivity contribution in [3.63, 3.8) is 0 Å². The first-order chi connectivity index (χ1) is 22.8. The van der Waals surface area contributed by atoms with Gasteiger partial charge in [-0.1, -0.05) is 52.0 Å². The maximum absolute atomic E-state index is 13.3. The third-order valence-corrected chi connectivity index (χ3v) is 7.27. The zero-order valence-corrected chi connectivity index (χ0v) is 28.7. The van der Waals surface area contributed by atoms with Gasteiger partial charge < -0.3 is 37.1 Å². The average Bonchev–Trinajstić information content (AvgIpc) is 3.04. The molecule has 1 rings (SSSR count). The van der Waals surface area contributed by atoms with Crippen molar-refractivity contribution in [2.24, 2.45) is 17.6 Å². The fraction of sp³-hybridized carbons (Fsp3) is 0.559. The Kier molecular flexibility index (Phi) is 19.5. The van der Waals surface area contributed by atoms with E-state index >= 15 is 0 Å². The summed E-state index contributed by atoms with van der Waals surface area (Å²) in [6, 6.07) is 4.00. The van der Waals surface area contributed by atoms with Gasteiger partial charge in [0.05, 0.1) is 0 Å². The summed E-state index contributed by atoms with van der Waals surface area (Å²) in [7, 11) is 0. The van der Waals surface area contributed by atoms with Crippen molar-refractivity contribution in [1.82, 2.24) is 21.3 Å². The number of carbonyl (C=O) groups is 7. The molecule has 48 heavy (non-hydrogen) atoms. The molecule has 0 saturated heterocycles. The van der Waals surface area contributed by atoms with E-state index in [1.54, 1.807) is 64.1 Å². The molecule has 0 bridgehead atoms. The van der Waals surface area contributed by atoms with E-state index in [9.17, 15) is 33.6 Å². The van der Waals surface area contributed by atoms with Crippen LogP contribution in [0.15, 0.2) is 36.4 Å². The minimum Gasteiger partial charge on any atom is -0.461 e. The second-order valence-electron chi connectivity index (χ2n) is 11.7. The Hall–Kier alpha value is -4.75. The molecule has 0 aliphatic carbocycles. The lowest BCUT2D eigenvalue weighted by molar-refractivity contribution is -0.144. The van der Waals surface area contributed by atoms with Crippen LogP contribution in [0.25, 0.3) is 0 Å². The topological polar surface area (TPSA) is 215 Å². The summed E-state index contributed by atoms with van der Waals surface area (Å²) < 4.78 is 5.11. The van der Waals surface area contributed by atoms with Crippen LogP contribution < -0.4 is 32.3 Å². The second-order valence-corrected chi connectivity index (χ2v) is 11.7. The molecule has 14 heteroatoms. The van der Waals surface area contributed by atoms with E-state index in [4.69, 9.17) is 10.5 Å². The number of hydrogen-bond acceptors (Lipinski definition) is 8. The molecule has 0 saturated carbocycles. The Morgan fingerprint density at radius 3 is 2.10 bits per heavy atom. The van der Waals surface area contributed by atoms with Crippen LogP contribution in [0.2, 0.25) is 0 Å². The van der Waals surface area contributed by atoms with Gasteiger partial charge in [-0.15, -0.1) is 0 Å². The van der Waals surface area contributed by atoms with Crippen molar-refractivity contribution in [3.8, 4) is 0 Å². The van der Waals surface area contributed by atoms with Gasteiger partial charge in [0.2, 0.25) is 23.6 Å². The van der Waals surface area contributed by atoms with Crippen LogP contribution in [0.3, 0.4) is 0 Å². The molecule has 1 aromatic carbocycles. The summed E-state index contributed by atoms with van der Waals surface area (Å²) in [6.45, 7) is 9.33. The maximum atomic E-state index is 13.3. The van der Waals surface area contributed by atoms with Gasteiger partial charge in [-0.05, 0) is 49.8 Å². The van der Waals surface area contributed by atoms with Crippen molar-refractivity contribution in [1.29, 1.82) is 0 Å². The number of hydrogen-bond donors (Lipinski definition) is 6. The number of rotatable bonds is 22. The van der Waals surface area contributed by atoms with Crippen LogP contribution in [-0.2, 0) is 40.1 Å². The van der Waals surface area contributed by atoms with Gasteiger partial charge >= 0.3 is 12.0 Å². The fourth-order valence-electron chi connectivity index (χ4n) is 4.45. The van der Waals surface area contributed by atoms with E-state index in [-0.39, 0.29) is 87.7 Å². The number of urea groups is 1. The molecule has 2 unspecified atom stereocenters. The van der Waals surface area contributed by atoms with E-state index in [0.29, 0.717) is 12.1 Å². The van der Waals surface area contributed by atoms with E-state index in [1.165, 1.54) is 0 Å². The molecule has 14 nitrogen and oxygen atoms in total. The quantitative estimate of drug-likeness (QED) is 0.0610. The number of anilines is 1. The highest BCUT2D eigenvalue weighted by Gasteiger charge is 2.29. The summed E-state index contributed by atoms with van der Waals surface area (Å²) in [4.78, 5) is 86.0. The van der Waals surface area contributed by atoms with Crippen LogP contribution in [0.1, 0.15) is 85.1 Å². The van der Waals surface area contributed by atoms with Gasteiger partial charge in [0.15, 0.2) is 0 Å². The SMILES string of the molecule is CC=CC(C)C(=O)CCNC(=O)CCCC(=O)NC(C(=O)N[C@@H](CCCNC(N)=O)C(=O)Nc1ccc(COC(=O)CC)cc1)C(C)C. The molecule has 0 spiro atoms. The summed E-state index contributed by atoms with van der Waals surface area (Å²) in [5.74, 6) is -2.62. The molecule has 0 heterocycles. The smallest absolute Gasteiger partial charge is 0.312 e. The minimum atomic E-state index is -1.01. The predicted molar refractivity (Wildman–Crippen MR) is 181 cm³/mol. The third kappa shape index (κ3) is 17.2. The number of Topliss-reactive ketones (excluding diaryl/α,β-unsaturated/α-hetero) is 1. The van der Waals surface area contributed by atoms with Crippen molar-refractivity contribution in [3.05, 3.63) is 42.0 Å². The highest BCUT2D eigenvalue weighted by molar-refractivity contribution is 5.98. The number of esters is 1. The van der Waals surface area contributed by atoms with E-state index < -0.39 is 35.8 Å². The Labute approximate surface area is 282 Å². The fourth-order valence-corrected chi connectivity index (χ4v) is 4.45. The van der Waals surface area contributed by atoms with E-state index in [1.807, 2.05) is 6.92 Å². The number of benzene rings is 1. The number of ketones is 1. The Morgan fingerprint density at radius 2 is 1.50 bits per heavy atom. The molecule has 0 aromatic heterocycles. The van der Waals surface area contributed by atoms with Crippen LogP contribution in [-0.4, -0.2) is 66.6 Å². The van der Waals surface area contributed by atoms with Crippen LogP contribution in [0.4, 0.5) is 10.5 Å². The third-order valence-electron chi connectivity index (χ3n) is 7.27. The van der Waals surface area contributed by atoms with Gasteiger partial charge in [-0.3, -0.25) is 28.8 Å². The molecule has 0 aliphatic heterocycles. The number of primary amides is 1. The summed E-state index contributed by atoms with van der Waals surface area (Å²) in [5.41, 5.74) is 6.31. The minimum absolute atomic E-state index is 0.00246. The van der Waals surface area contributed by atoms with Crippen molar-refractivity contribution in [2.75, 3.05) is 18.4 Å². The molecule has 266 valence electrons. The van der Waals surface area contributed by atoms with Crippen molar-refractivity contribution in [2.45, 2.75) is 98.3 Å². The lowest BCUT2D eigenvalue weighted by atomic mass is 10.0. The summed E-state index contributed by atoms with van der Waals surface area (Å²) in [6.07, 6.45) is 4.89. The molecule has 0 aliphatic rings. The van der Waals surface area contributed by atoms with Gasteiger partial charge in [0.25, 0.3) is 0 Å². The normalized spacial score (nSPS) is 12.8. The van der Waals surface area contributed by atoms with E-state index in [2.05, 4.69) is 26.6 Å². The number of allylic oxidation sites excluding steroid dienone is 2. The lowest BCUT2D eigenvalue weighted by Crippen LogP contribution is -2.54. The molecular formula is C34H52N6O8. The van der Waals surface area contributed by atoms with Crippen LogP contribution >= 0.6 is 0 Å². The van der Waals surface area contributed by atoms with Gasteiger partial charge in [-0.2, -0.15) is 0 Å². The summed E-state index contributed by atoms with van der Waals surface area (Å²) in [5, 5.41) is 13.3. The Morgan fingerprint density at radius 1 is 0.833 bits per heavy atom. The molecule has 3 atom stereocenters. The van der Waals surface area contributed by atoms with Crippen molar-refractivity contribution >= 4 is 47.1 Å². The molecule has 6 amide bonds. The highest BCUT2D eigenvalue weighted by Crippen LogP contribution is 2.13. The lowest BCUT2D eigenvalue weighted by Gasteiger charge is -2.25. The largest absolute Gasteiger partial charge is 0.461 e. The number of nitrogens with one attached hydrogen (secondary N) is 5. The molecule has 7 N–H and O–H groups in total. The zero-order valence-electron chi connectivity index (χ0n) is 28.7. The molecular weight excluding hydrogens is 620 g/mol. The summed E-state index contributed by atoms with van der Waals surface area (Å²) >= 11 is 0. The number of amides is 6. The average molecular weight is 673 g/mol. The highest BCUT2D eigenvalue weighted by atomic mass is 16.5. The van der Waals surface area contributed by atoms with Crippen LogP contribution in [0, 0.1) is 11.8 Å². The maximum Gasteiger partial charge on any atom is 0.312 e. The monoisotopic (exact) mass is 672 g/mol. The Bertz CT molecular complexity index is 1260. The Balaban J connectivity index is 2.75. The first-order valence-electron chi connectivity index (χ1n) is 16.4. The zero-order chi connectivity index (χ0) is 36.1. The number of carbonyl (C=O) groups excluding carboxylic acids is 7. The number of nitrogens with two attached hydrogens (primary N) is 1. The van der Waals surface area contributed by atoms with E-state index in [0.717, 1.165) is 5.56 Å². The van der Waals surface area contributed by atoms with Gasteiger partial charge in [0.1, 0.15) is 24.5 Å². The molecule has 0 fully saturated rings. The molecule has 0 radical (unpaired) electrons. The first kappa shape index (κ1) is 41.3. The number of ether oxygens (including phenoxy) is 1. The van der Waals surface area contributed by atoms with Gasteiger partial charge in [-0.25, -0.2) is 4.79 Å². The first-order valence-corrected chi connectivity index (χ1v) is 16.4. The standard InChI is InChI=1S/C34H52N6O8/c1-6-10-23(5)27(41)18-20-36-28(42)12-8-13-29(43)40-31(22(3)4)33(46)39-26(11-9-19-37-34(35)47)32(45)38-25-16-14-24(15-17-25)21-48-30(44)7-2/h6,10,14-17,22-23,26,31H,7-9,11-13,18-21H2,1-5H3,(H,36,42)(H,38,45)(H,39,46)(H,40,43)(H3,35,37,47)/t23?,26-,31?/m0/s1. The molecule has 1 aromatic rings. The second kappa shape index (κ2) is 22.7. The van der Waals surface area contributed by atoms with Crippen molar-refractivity contribution < 1.29 is 38.3 Å². The predicted octanol–water partition coefficient (Wildman–Crippen LogP) is 2.61.